The number of thiocarbonyl (C=S) groups is 1. The minimum absolute atomic E-state index is 0.121. The highest BCUT2D eigenvalue weighted by Crippen LogP contribution is 2.36. The Morgan fingerprint density at radius 1 is 1.24 bits per heavy atom. The molecule has 2 aromatic rings. The summed E-state index contributed by atoms with van der Waals surface area (Å²) < 4.78 is 11.1. The van der Waals surface area contributed by atoms with Gasteiger partial charge < -0.3 is 14.8 Å². The van der Waals surface area contributed by atoms with Gasteiger partial charge in [-0.2, -0.15) is 0 Å². The number of amides is 2. The molecule has 1 fully saturated rings. The van der Waals surface area contributed by atoms with E-state index in [1.807, 2.05) is 12.1 Å². The molecule has 1 saturated heterocycles. The van der Waals surface area contributed by atoms with E-state index >= 15 is 0 Å². The van der Waals surface area contributed by atoms with Gasteiger partial charge in [0, 0.05) is 23.7 Å². The van der Waals surface area contributed by atoms with Crippen molar-refractivity contribution in [2.45, 2.75) is 6.42 Å². The van der Waals surface area contributed by atoms with E-state index < -0.39 is 0 Å². The Labute approximate surface area is 181 Å². The Hall–Kier alpha value is -2.55. The summed E-state index contributed by atoms with van der Waals surface area (Å²) in [5.74, 6) is 0.890. The normalized spacial score (nSPS) is 16.6. The smallest absolute Gasteiger partial charge is 0.266 e. The molecule has 2 aromatic carbocycles. The molecule has 2 aliphatic heterocycles. The van der Waals surface area contributed by atoms with Crippen molar-refractivity contribution < 1.29 is 19.1 Å². The molecule has 0 atom stereocenters. The first-order valence-electron chi connectivity index (χ1n) is 8.70. The van der Waals surface area contributed by atoms with Gasteiger partial charge >= 0.3 is 0 Å². The zero-order valence-electron chi connectivity index (χ0n) is 15.0. The van der Waals surface area contributed by atoms with E-state index in [1.165, 1.54) is 16.7 Å². The predicted octanol–water partition coefficient (Wildman–Crippen LogP) is 4.30. The average molecular weight is 447 g/mol. The van der Waals surface area contributed by atoms with Crippen molar-refractivity contribution in [1.29, 1.82) is 0 Å². The first-order valence-corrected chi connectivity index (χ1v) is 10.3. The fourth-order valence-electron chi connectivity index (χ4n) is 2.85. The molecule has 9 heteroatoms. The van der Waals surface area contributed by atoms with Crippen LogP contribution >= 0.6 is 35.6 Å². The number of hydrogen-bond acceptors (Lipinski definition) is 6. The zero-order valence-corrected chi connectivity index (χ0v) is 17.4. The Morgan fingerprint density at radius 2 is 2.07 bits per heavy atom. The summed E-state index contributed by atoms with van der Waals surface area (Å²) in [6, 6.07) is 12.3. The maximum atomic E-state index is 12.7. The van der Waals surface area contributed by atoms with Crippen LogP contribution in [0.4, 0.5) is 5.69 Å². The molecular weight excluding hydrogens is 432 g/mol. The quantitative estimate of drug-likeness (QED) is 0.545. The third kappa shape index (κ3) is 4.55. The molecule has 0 bridgehead atoms. The van der Waals surface area contributed by atoms with E-state index in [0.29, 0.717) is 31.4 Å². The SMILES string of the molecule is O=C(CCN1C(=O)C(=Cc2ccc3c(c2)OCO3)SC1=S)Nc1cccc(Cl)c1. The maximum Gasteiger partial charge on any atom is 0.266 e. The highest BCUT2D eigenvalue weighted by Gasteiger charge is 2.32. The van der Waals surface area contributed by atoms with Crippen LogP contribution in [-0.2, 0) is 9.59 Å². The molecule has 2 amide bonds. The van der Waals surface area contributed by atoms with Crippen LogP contribution in [0.25, 0.3) is 6.08 Å². The highest BCUT2D eigenvalue weighted by atomic mass is 35.5. The van der Waals surface area contributed by atoms with Crippen LogP contribution in [0.2, 0.25) is 5.02 Å². The Morgan fingerprint density at radius 3 is 2.90 bits per heavy atom. The molecule has 0 spiro atoms. The number of fused-ring (bicyclic) bond motifs is 1. The maximum absolute atomic E-state index is 12.7. The van der Waals surface area contributed by atoms with Crippen LogP contribution in [0, 0.1) is 0 Å². The van der Waals surface area contributed by atoms with E-state index in [-0.39, 0.29) is 31.6 Å². The fraction of sp³-hybridized carbons (Fsp3) is 0.150. The van der Waals surface area contributed by atoms with E-state index in [9.17, 15) is 9.59 Å². The molecule has 0 aliphatic carbocycles. The molecule has 29 heavy (non-hydrogen) atoms. The predicted molar refractivity (Wildman–Crippen MR) is 117 cm³/mol. The number of anilines is 1. The van der Waals surface area contributed by atoms with E-state index in [1.54, 1.807) is 36.4 Å². The molecule has 2 heterocycles. The van der Waals surface area contributed by atoms with Gasteiger partial charge in [0.2, 0.25) is 12.7 Å². The van der Waals surface area contributed by atoms with E-state index in [0.717, 1.165) is 5.56 Å². The Kier molecular flexibility index (Phi) is 5.75. The van der Waals surface area contributed by atoms with Crippen LogP contribution in [-0.4, -0.2) is 34.4 Å². The molecular formula is C20H15ClN2O4S2. The van der Waals surface area contributed by atoms with Crippen molar-refractivity contribution in [3.8, 4) is 11.5 Å². The largest absolute Gasteiger partial charge is 0.454 e. The lowest BCUT2D eigenvalue weighted by Gasteiger charge is -2.14. The summed E-state index contributed by atoms with van der Waals surface area (Å²) in [6.07, 6.45) is 1.88. The summed E-state index contributed by atoms with van der Waals surface area (Å²) >= 11 is 12.5. The summed E-state index contributed by atoms with van der Waals surface area (Å²) in [5, 5.41) is 3.30. The molecule has 0 saturated carbocycles. The van der Waals surface area contributed by atoms with Gasteiger partial charge in [0.15, 0.2) is 11.5 Å². The fourth-order valence-corrected chi connectivity index (χ4v) is 4.35. The van der Waals surface area contributed by atoms with Gasteiger partial charge in [-0.25, -0.2) is 0 Å². The minimum atomic E-state index is -0.221. The van der Waals surface area contributed by atoms with Gasteiger partial charge in [-0.3, -0.25) is 14.5 Å². The van der Waals surface area contributed by atoms with E-state index in [4.69, 9.17) is 33.3 Å². The number of carbonyl (C=O) groups is 2. The first kappa shape index (κ1) is 19.8. The molecule has 0 unspecified atom stereocenters. The average Bonchev–Trinajstić information content (AvgIpc) is 3.24. The summed E-state index contributed by atoms with van der Waals surface area (Å²) in [6.45, 7) is 0.397. The lowest BCUT2D eigenvalue weighted by Crippen LogP contribution is -2.31. The topological polar surface area (TPSA) is 67.9 Å². The molecule has 2 aliphatic rings. The third-order valence-electron chi connectivity index (χ3n) is 4.24. The summed E-state index contributed by atoms with van der Waals surface area (Å²) in [4.78, 5) is 26.9. The minimum Gasteiger partial charge on any atom is -0.454 e. The molecule has 0 aromatic heterocycles. The molecule has 4 rings (SSSR count). The van der Waals surface area contributed by atoms with Gasteiger partial charge in [0.1, 0.15) is 4.32 Å². The van der Waals surface area contributed by atoms with Crippen molar-refractivity contribution in [3.63, 3.8) is 0 Å². The highest BCUT2D eigenvalue weighted by molar-refractivity contribution is 8.26. The number of ether oxygens (including phenoxy) is 2. The zero-order chi connectivity index (χ0) is 20.4. The van der Waals surface area contributed by atoms with Gasteiger partial charge in [0.25, 0.3) is 5.91 Å². The number of carbonyl (C=O) groups excluding carboxylic acids is 2. The van der Waals surface area contributed by atoms with Crippen molar-refractivity contribution >= 4 is 63.5 Å². The van der Waals surface area contributed by atoms with Crippen LogP contribution < -0.4 is 14.8 Å². The monoisotopic (exact) mass is 446 g/mol. The second kappa shape index (κ2) is 8.44. The molecule has 0 radical (unpaired) electrons. The van der Waals surface area contributed by atoms with Gasteiger partial charge in [-0.1, -0.05) is 47.7 Å². The number of nitrogens with zero attached hydrogens (tertiary/aromatic N) is 1. The lowest BCUT2D eigenvalue weighted by atomic mass is 10.2. The summed E-state index contributed by atoms with van der Waals surface area (Å²) in [5.41, 5.74) is 1.42. The number of benzene rings is 2. The van der Waals surface area contributed by atoms with Crippen LogP contribution in [0.3, 0.4) is 0 Å². The summed E-state index contributed by atoms with van der Waals surface area (Å²) in [7, 11) is 0. The van der Waals surface area contributed by atoms with E-state index in [2.05, 4.69) is 5.32 Å². The number of halogens is 1. The molecule has 6 nitrogen and oxygen atoms in total. The second-order valence-corrected chi connectivity index (χ2v) is 8.37. The lowest BCUT2D eigenvalue weighted by molar-refractivity contribution is -0.122. The third-order valence-corrected chi connectivity index (χ3v) is 5.85. The van der Waals surface area contributed by atoms with Crippen molar-refractivity contribution in [3.05, 3.63) is 58.0 Å². The second-order valence-electron chi connectivity index (χ2n) is 6.25. The number of nitrogens with one attached hydrogen (secondary N) is 1. The first-order chi connectivity index (χ1) is 14.0. The van der Waals surface area contributed by atoms with Gasteiger partial charge in [-0.15, -0.1) is 0 Å². The van der Waals surface area contributed by atoms with Crippen LogP contribution in [0.1, 0.15) is 12.0 Å². The Bertz CT molecular complexity index is 1040. The van der Waals surface area contributed by atoms with Crippen LogP contribution in [0.15, 0.2) is 47.4 Å². The van der Waals surface area contributed by atoms with Crippen molar-refractivity contribution in [2.75, 3.05) is 18.7 Å². The molecule has 1 N–H and O–H groups in total. The van der Waals surface area contributed by atoms with Crippen molar-refractivity contribution in [2.24, 2.45) is 0 Å². The Balaban J connectivity index is 1.38. The number of thioether (sulfide) groups is 1. The number of rotatable bonds is 5. The van der Waals surface area contributed by atoms with Crippen LogP contribution in [0.5, 0.6) is 11.5 Å². The standard InChI is InChI=1S/C20H15ClN2O4S2/c21-13-2-1-3-14(10-13)22-18(24)6-7-23-19(25)17(29-20(23)28)9-12-4-5-15-16(8-12)27-11-26-15/h1-5,8-10H,6-7,11H2,(H,22,24). The van der Waals surface area contributed by atoms with Gasteiger partial charge in [0.05, 0.1) is 4.91 Å². The van der Waals surface area contributed by atoms with Crippen molar-refractivity contribution in [1.82, 2.24) is 4.90 Å². The number of hydrogen-bond donors (Lipinski definition) is 1. The molecule has 148 valence electrons. The van der Waals surface area contributed by atoms with Gasteiger partial charge in [-0.05, 0) is 42.0 Å².